The fraction of sp³-hybridized carbons (Fsp3) is 0.450. The number of carbonyl (C=O) groups is 1. The van der Waals surface area contributed by atoms with Crippen LogP contribution in [0.5, 0.6) is 0 Å². The topological polar surface area (TPSA) is 41.6 Å². The summed E-state index contributed by atoms with van der Waals surface area (Å²) in [4.78, 5) is 16.6. The highest BCUT2D eigenvalue weighted by Gasteiger charge is 2.23. The molecule has 0 unspecified atom stereocenters. The molecule has 134 valence electrons. The monoisotopic (exact) mass is 358 g/mol. The summed E-state index contributed by atoms with van der Waals surface area (Å²) in [7, 11) is 1.67. The van der Waals surface area contributed by atoms with Crippen LogP contribution >= 0.6 is 11.3 Å². The first-order valence-electron chi connectivity index (χ1n) is 8.78. The zero-order valence-electron chi connectivity index (χ0n) is 15.0. The molecule has 0 radical (unpaired) electrons. The largest absolute Gasteiger partial charge is 0.379 e. The van der Waals surface area contributed by atoms with Crippen LogP contribution in [-0.4, -0.2) is 37.6 Å². The van der Waals surface area contributed by atoms with Gasteiger partial charge in [-0.2, -0.15) is 0 Å². The van der Waals surface area contributed by atoms with Gasteiger partial charge in [-0.25, -0.2) is 0 Å². The molecule has 1 aliphatic heterocycles. The molecule has 1 fully saturated rings. The molecule has 1 amide bonds. The molecule has 5 heteroatoms. The minimum absolute atomic E-state index is 0.0321. The Labute approximate surface area is 153 Å². The van der Waals surface area contributed by atoms with Crippen molar-refractivity contribution >= 4 is 17.2 Å². The maximum atomic E-state index is 12.3. The summed E-state index contributed by atoms with van der Waals surface area (Å²) in [5.41, 5.74) is 2.75. The maximum Gasteiger partial charge on any atom is 0.261 e. The summed E-state index contributed by atoms with van der Waals surface area (Å²) in [5.74, 6) is 0.566. The van der Waals surface area contributed by atoms with Crippen LogP contribution in [-0.2, 0) is 17.9 Å². The number of aryl methyl sites for hydroxylation is 1. The number of methoxy groups -OCH3 is 1. The molecule has 3 rings (SSSR count). The smallest absolute Gasteiger partial charge is 0.261 e. The standard InChI is InChI=1S/C20H26N2O2S/c1-15-5-3-4-6-17(15)13-22-10-9-16(12-22)11-21-20(23)19-8-7-18(25-19)14-24-2/h3-8,16H,9-14H2,1-2H3,(H,21,23)/t16-/m1/s1. The third kappa shape index (κ3) is 4.91. The van der Waals surface area contributed by atoms with E-state index in [0.29, 0.717) is 12.5 Å². The summed E-state index contributed by atoms with van der Waals surface area (Å²) in [6.45, 7) is 6.64. The molecule has 2 aromatic rings. The molecule has 0 aliphatic carbocycles. The molecule has 1 atom stereocenters. The maximum absolute atomic E-state index is 12.3. The van der Waals surface area contributed by atoms with Gasteiger partial charge in [0.15, 0.2) is 0 Å². The number of hydrogen-bond acceptors (Lipinski definition) is 4. The van der Waals surface area contributed by atoms with Gasteiger partial charge in [0, 0.05) is 31.6 Å². The Morgan fingerprint density at radius 1 is 1.32 bits per heavy atom. The molecular formula is C20H26N2O2S. The van der Waals surface area contributed by atoms with Crippen molar-refractivity contribution in [1.82, 2.24) is 10.2 Å². The summed E-state index contributed by atoms with van der Waals surface area (Å²) < 4.78 is 5.10. The van der Waals surface area contributed by atoms with Gasteiger partial charge < -0.3 is 10.1 Å². The van der Waals surface area contributed by atoms with Crippen molar-refractivity contribution in [3.8, 4) is 0 Å². The Morgan fingerprint density at radius 2 is 2.16 bits per heavy atom. The number of benzene rings is 1. The van der Waals surface area contributed by atoms with E-state index >= 15 is 0 Å². The average molecular weight is 359 g/mol. The number of amides is 1. The minimum Gasteiger partial charge on any atom is -0.379 e. The number of hydrogen-bond donors (Lipinski definition) is 1. The van der Waals surface area contributed by atoms with Crippen LogP contribution in [0.4, 0.5) is 0 Å². The lowest BCUT2D eigenvalue weighted by molar-refractivity contribution is 0.0951. The van der Waals surface area contributed by atoms with Crippen LogP contribution in [0.1, 0.15) is 32.1 Å². The van der Waals surface area contributed by atoms with Crippen LogP contribution in [0, 0.1) is 12.8 Å². The van der Waals surface area contributed by atoms with E-state index in [2.05, 4.69) is 41.4 Å². The van der Waals surface area contributed by atoms with Crippen molar-refractivity contribution in [3.05, 3.63) is 57.3 Å². The number of nitrogens with one attached hydrogen (secondary N) is 1. The van der Waals surface area contributed by atoms with E-state index in [1.165, 1.54) is 22.5 Å². The van der Waals surface area contributed by atoms with Gasteiger partial charge >= 0.3 is 0 Å². The average Bonchev–Trinajstić information content (AvgIpc) is 3.25. The van der Waals surface area contributed by atoms with E-state index in [-0.39, 0.29) is 5.91 Å². The Hall–Kier alpha value is -1.69. The Balaban J connectivity index is 1.45. The van der Waals surface area contributed by atoms with Crippen molar-refractivity contribution in [2.45, 2.75) is 26.5 Å². The van der Waals surface area contributed by atoms with Crippen molar-refractivity contribution in [3.63, 3.8) is 0 Å². The predicted molar refractivity (Wildman–Crippen MR) is 102 cm³/mol. The van der Waals surface area contributed by atoms with Crippen molar-refractivity contribution in [2.24, 2.45) is 5.92 Å². The van der Waals surface area contributed by atoms with E-state index in [1.54, 1.807) is 7.11 Å². The van der Waals surface area contributed by atoms with Gasteiger partial charge in [0.2, 0.25) is 0 Å². The first-order valence-corrected chi connectivity index (χ1v) is 9.60. The van der Waals surface area contributed by atoms with E-state index in [9.17, 15) is 4.79 Å². The molecule has 1 N–H and O–H groups in total. The fourth-order valence-corrected chi connectivity index (χ4v) is 4.19. The highest BCUT2D eigenvalue weighted by Crippen LogP contribution is 2.20. The second-order valence-electron chi connectivity index (χ2n) is 6.73. The number of thiophene rings is 1. The zero-order chi connectivity index (χ0) is 17.6. The minimum atomic E-state index is 0.0321. The Morgan fingerprint density at radius 3 is 2.96 bits per heavy atom. The SMILES string of the molecule is COCc1ccc(C(=O)NC[C@H]2CCN(Cc3ccccc3C)C2)s1. The molecule has 1 aromatic heterocycles. The molecule has 0 bridgehead atoms. The summed E-state index contributed by atoms with van der Waals surface area (Å²) in [6.07, 6.45) is 1.14. The van der Waals surface area contributed by atoms with Crippen molar-refractivity contribution < 1.29 is 9.53 Å². The molecule has 1 saturated heterocycles. The van der Waals surface area contributed by atoms with E-state index in [4.69, 9.17) is 4.74 Å². The van der Waals surface area contributed by atoms with E-state index < -0.39 is 0 Å². The van der Waals surface area contributed by atoms with Crippen molar-refractivity contribution in [1.29, 1.82) is 0 Å². The van der Waals surface area contributed by atoms with Crippen molar-refractivity contribution in [2.75, 3.05) is 26.7 Å². The summed E-state index contributed by atoms with van der Waals surface area (Å²) in [6, 6.07) is 12.4. The lowest BCUT2D eigenvalue weighted by Gasteiger charge is -2.17. The number of rotatable bonds is 7. The normalized spacial score (nSPS) is 17.8. The van der Waals surface area contributed by atoms with Gasteiger partial charge in [-0.1, -0.05) is 24.3 Å². The van der Waals surface area contributed by atoms with Crippen LogP contribution in [0.15, 0.2) is 36.4 Å². The number of carbonyl (C=O) groups excluding carboxylic acids is 1. The number of likely N-dealkylation sites (tertiary alicyclic amines) is 1. The van der Waals surface area contributed by atoms with E-state index in [0.717, 1.165) is 42.4 Å². The van der Waals surface area contributed by atoms with Crippen LogP contribution < -0.4 is 5.32 Å². The summed E-state index contributed by atoms with van der Waals surface area (Å²) >= 11 is 1.50. The molecule has 0 saturated carbocycles. The molecule has 4 nitrogen and oxygen atoms in total. The van der Waals surface area contributed by atoms with Crippen LogP contribution in [0.25, 0.3) is 0 Å². The second-order valence-corrected chi connectivity index (χ2v) is 7.89. The Bertz CT molecular complexity index is 713. The molecular weight excluding hydrogens is 332 g/mol. The van der Waals surface area contributed by atoms with Gasteiger partial charge in [-0.3, -0.25) is 9.69 Å². The highest BCUT2D eigenvalue weighted by atomic mass is 32.1. The van der Waals surface area contributed by atoms with Crippen LogP contribution in [0.3, 0.4) is 0 Å². The lowest BCUT2D eigenvalue weighted by atomic mass is 10.1. The quantitative estimate of drug-likeness (QED) is 0.824. The third-order valence-electron chi connectivity index (χ3n) is 4.75. The fourth-order valence-electron chi connectivity index (χ4n) is 3.30. The first-order chi connectivity index (χ1) is 12.2. The molecule has 1 aromatic carbocycles. The van der Waals surface area contributed by atoms with Gasteiger partial charge in [-0.15, -0.1) is 11.3 Å². The van der Waals surface area contributed by atoms with Gasteiger partial charge in [0.05, 0.1) is 11.5 Å². The molecule has 2 heterocycles. The predicted octanol–water partition coefficient (Wildman–Crippen LogP) is 3.45. The molecule has 25 heavy (non-hydrogen) atoms. The van der Waals surface area contributed by atoms with Gasteiger partial charge in [-0.05, 0) is 49.1 Å². The summed E-state index contributed by atoms with van der Waals surface area (Å²) in [5, 5.41) is 3.10. The van der Waals surface area contributed by atoms with Gasteiger partial charge in [0.1, 0.15) is 0 Å². The number of nitrogens with zero attached hydrogens (tertiary/aromatic N) is 1. The van der Waals surface area contributed by atoms with E-state index in [1.807, 2.05) is 12.1 Å². The van der Waals surface area contributed by atoms with Crippen LogP contribution in [0.2, 0.25) is 0 Å². The third-order valence-corrected chi connectivity index (χ3v) is 5.81. The molecule has 0 spiro atoms. The zero-order valence-corrected chi connectivity index (χ0v) is 15.8. The first kappa shape index (κ1) is 18.1. The Kier molecular flexibility index (Phi) is 6.24. The number of ether oxygens (including phenoxy) is 1. The highest BCUT2D eigenvalue weighted by molar-refractivity contribution is 7.14. The second kappa shape index (κ2) is 8.61. The lowest BCUT2D eigenvalue weighted by Crippen LogP contribution is -2.30. The molecule has 1 aliphatic rings. The van der Waals surface area contributed by atoms with Gasteiger partial charge in [0.25, 0.3) is 5.91 Å².